The Morgan fingerprint density at radius 1 is 1.03 bits per heavy atom. The highest BCUT2D eigenvalue weighted by Crippen LogP contribution is 2.33. The molecule has 1 saturated heterocycles. The molecule has 4 heterocycles. The van der Waals surface area contributed by atoms with E-state index in [1.807, 2.05) is 6.07 Å². The number of aromatic nitrogens is 2. The maximum absolute atomic E-state index is 12.4. The van der Waals surface area contributed by atoms with Crippen molar-refractivity contribution in [3.63, 3.8) is 0 Å². The zero-order valence-electron chi connectivity index (χ0n) is 15.0. The molecule has 5 rings (SSSR count). The van der Waals surface area contributed by atoms with E-state index in [1.165, 1.54) is 6.07 Å². The molecule has 5 unspecified atom stereocenters. The molecule has 1 aliphatic heterocycles. The monoisotopic (exact) mass is 398 g/mol. The highest BCUT2D eigenvalue weighted by molar-refractivity contribution is 6.13. The molecule has 0 radical (unpaired) electrons. The molecule has 9 heteroatoms. The van der Waals surface area contributed by atoms with E-state index in [-0.39, 0.29) is 5.56 Å². The minimum absolute atomic E-state index is 0.173. The summed E-state index contributed by atoms with van der Waals surface area (Å²) in [4.78, 5) is 16.7. The first-order valence-corrected chi connectivity index (χ1v) is 9.12. The van der Waals surface area contributed by atoms with Gasteiger partial charge in [0.25, 0.3) is 5.56 Å². The third-order valence-electron chi connectivity index (χ3n) is 5.38. The number of ether oxygens (including phenoxy) is 2. The molecule has 29 heavy (non-hydrogen) atoms. The molecule has 0 spiro atoms. The second-order valence-corrected chi connectivity index (χ2v) is 7.09. The molecule has 0 saturated carbocycles. The van der Waals surface area contributed by atoms with Gasteiger partial charge in [-0.2, -0.15) is 0 Å². The van der Waals surface area contributed by atoms with Crippen LogP contribution in [0.4, 0.5) is 0 Å². The van der Waals surface area contributed by atoms with Crippen LogP contribution in [0, 0.1) is 0 Å². The zero-order valence-corrected chi connectivity index (χ0v) is 15.0. The molecule has 4 N–H and O–H groups in total. The predicted molar refractivity (Wildman–Crippen MR) is 102 cm³/mol. The van der Waals surface area contributed by atoms with Gasteiger partial charge >= 0.3 is 0 Å². The largest absolute Gasteiger partial charge is 0.462 e. The lowest BCUT2D eigenvalue weighted by Gasteiger charge is -2.39. The number of aliphatic hydroxyl groups excluding tert-OH is 4. The first-order chi connectivity index (χ1) is 14.0. The minimum atomic E-state index is -1.53. The molecular formula is C20H18N2O7. The Morgan fingerprint density at radius 2 is 1.86 bits per heavy atom. The Labute approximate surface area is 163 Å². The molecule has 4 aromatic rings. The van der Waals surface area contributed by atoms with Gasteiger partial charge in [0.2, 0.25) is 6.29 Å². The third kappa shape index (κ3) is 2.67. The normalized spacial score (nSPS) is 27.8. The molecule has 3 aromatic heterocycles. The number of aliphatic hydroxyl groups is 4. The van der Waals surface area contributed by atoms with Crippen molar-refractivity contribution in [1.29, 1.82) is 0 Å². The molecule has 5 atom stereocenters. The molecular weight excluding hydrogens is 380 g/mol. The Bertz CT molecular complexity index is 1250. The van der Waals surface area contributed by atoms with E-state index in [4.69, 9.17) is 9.47 Å². The van der Waals surface area contributed by atoms with Gasteiger partial charge < -0.3 is 29.9 Å². The summed E-state index contributed by atoms with van der Waals surface area (Å²) in [5.74, 6) is 0.332. The Morgan fingerprint density at radius 3 is 2.66 bits per heavy atom. The average molecular weight is 398 g/mol. The van der Waals surface area contributed by atoms with Crippen molar-refractivity contribution >= 4 is 27.3 Å². The van der Waals surface area contributed by atoms with Crippen LogP contribution >= 0.6 is 0 Å². The summed E-state index contributed by atoms with van der Waals surface area (Å²) in [5.41, 5.74) is 1.91. The summed E-state index contributed by atoms with van der Waals surface area (Å²) in [6.07, 6.45) is -5.17. The summed E-state index contributed by atoms with van der Waals surface area (Å²) >= 11 is 0. The topological polar surface area (TPSA) is 134 Å². The van der Waals surface area contributed by atoms with Crippen molar-refractivity contribution in [2.24, 2.45) is 0 Å². The van der Waals surface area contributed by atoms with Crippen molar-refractivity contribution < 1.29 is 29.9 Å². The van der Waals surface area contributed by atoms with Crippen molar-refractivity contribution in [3.05, 3.63) is 52.9 Å². The van der Waals surface area contributed by atoms with Gasteiger partial charge in [-0.3, -0.25) is 14.2 Å². The van der Waals surface area contributed by atoms with Crippen LogP contribution in [0.1, 0.15) is 0 Å². The van der Waals surface area contributed by atoms with E-state index in [0.717, 1.165) is 10.8 Å². The van der Waals surface area contributed by atoms with Crippen LogP contribution in [0.5, 0.6) is 5.75 Å². The second-order valence-electron chi connectivity index (χ2n) is 7.09. The number of benzene rings is 1. The number of hydrogen-bond acceptors (Lipinski definition) is 8. The van der Waals surface area contributed by atoms with Gasteiger partial charge in [-0.05, 0) is 30.3 Å². The van der Waals surface area contributed by atoms with Crippen LogP contribution in [0.2, 0.25) is 0 Å². The highest BCUT2D eigenvalue weighted by Gasteiger charge is 2.44. The average Bonchev–Trinajstić information content (AvgIpc) is 3.07. The molecule has 150 valence electrons. The lowest BCUT2D eigenvalue weighted by molar-refractivity contribution is -0.277. The highest BCUT2D eigenvalue weighted by atomic mass is 16.7. The van der Waals surface area contributed by atoms with E-state index in [1.54, 1.807) is 34.9 Å². The van der Waals surface area contributed by atoms with Crippen LogP contribution < -0.4 is 10.3 Å². The first-order valence-electron chi connectivity index (χ1n) is 9.12. The summed E-state index contributed by atoms with van der Waals surface area (Å²) in [5, 5.41) is 40.9. The second kappa shape index (κ2) is 6.61. The van der Waals surface area contributed by atoms with Crippen molar-refractivity contribution in [2.45, 2.75) is 30.7 Å². The Hall–Kier alpha value is -2.82. The Kier molecular flexibility index (Phi) is 4.16. The Balaban J connectivity index is 1.59. The van der Waals surface area contributed by atoms with Crippen LogP contribution in [0.15, 0.2) is 47.4 Å². The van der Waals surface area contributed by atoms with Gasteiger partial charge in [-0.25, -0.2) is 0 Å². The van der Waals surface area contributed by atoms with Crippen molar-refractivity contribution in [3.8, 4) is 5.75 Å². The van der Waals surface area contributed by atoms with E-state index < -0.39 is 37.3 Å². The predicted octanol–water partition coefficient (Wildman–Crippen LogP) is -0.383. The number of rotatable bonds is 3. The lowest BCUT2D eigenvalue weighted by Crippen LogP contribution is -2.60. The van der Waals surface area contributed by atoms with Crippen LogP contribution in [0.3, 0.4) is 0 Å². The van der Waals surface area contributed by atoms with E-state index in [2.05, 4.69) is 4.98 Å². The summed E-state index contributed by atoms with van der Waals surface area (Å²) < 4.78 is 12.7. The van der Waals surface area contributed by atoms with Crippen LogP contribution in [-0.2, 0) is 4.74 Å². The van der Waals surface area contributed by atoms with Crippen LogP contribution in [0.25, 0.3) is 27.3 Å². The smallest absolute Gasteiger partial charge is 0.255 e. The summed E-state index contributed by atoms with van der Waals surface area (Å²) in [6.45, 7) is -0.539. The van der Waals surface area contributed by atoms with Gasteiger partial charge in [0.05, 0.1) is 23.2 Å². The fourth-order valence-corrected chi connectivity index (χ4v) is 3.92. The number of fused-ring (bicyclic) bond motifs is 3. The third-order valence-corrected chi connectivity index (χ3v) is 5.38. The molecule has 1 fully saturated rings. The molecule has 0 aliphatic carbocycles. The maximum Gasteiger partial charge on any atom is 0.255 e. The lowest BCUT2D eigenvalue weighted by atomic mass is 9.99. The number of hydrogen-bond donors (Lipinski definition) is 4. The molecule has 9 nitrogen and oxygen atoms in total. The summed E-state index contributed by atoms with van der Waals surface area (Å²) in [6, 6.07) is 9.99. The minimum Gasteiger partial charge on any atom is -0.462 e. The van der Waals surface area contributed by atoms with Gasteiger partial charge in [0, 0.05) is 23.0 Å². The van der Waals surface area contributed by atoms with E-state index in [9.17, 15) is 25.2 Å². The number of pyridine rings is 2. The van der Waals surface area contributed by atoms with Gasteiger partial charge in [0.15, 0.2) is 0 Å². The van der Waals surface area contributed by atoms with Gasteiger partial charge in [-0.1, -0.05) is 0 Å². The maximum atomic E-state index is 12.4. The van der Waals surface area contributed by atoms with Gasteiger partial charge in [-0.15, -0.1) is 0 Å². The van der Waals surface area contributed by atoms with Crippen molar-refractivity contribution in [2.75, 3.05) is 6.61 Å². The van der Waals surface area contributed by atoms with Crippen LogP contribution in [-0.4, -0.2) is 67.1 Å². The van der Waals surface area contributed by atoms with E-state index >= 15 is 0 Å². The molecule has 0 bridgehead atoms. The molecule has 1 aliphatic rings. The fourth-order valence-electron chi connectivity index (χ4n) is 3.92. The summed E-state index contributed by atoms with van der Waals surface area (Å²) in [7, 11) is 0. The fraction of sp³-hybridized carbons (Fsp3) is 0.300. The standard InChI is InChI=1S/C20H18N2O7/c23-8-14-17(25)18(26)19(27)20(29-14)28-9-1-3-13-11(7-9)10-5-6-21-12-2-4-15(24)22(13)16(10)12/h1-7,14,17-20,23,25-27H,8H2. The SMILES string of the molecule is O=c1ccc2nccc3c4cc(OC5OC(CO)C(O)C(O)C5O)ccc4n1c23. The van der Waals surface area contributed by atoms with Crippen molar-refractivity contribution in [1.82, 2.24) is 9.38 Å². The molecule has 0 amide bonds. The van der Waals surface area contributed by atoms with Gasteiger partial charge in [0.1, 0.15) is 30.2 Å². The molecule has 1 aromatic carbocycles. The number of nitrogens with zero attached hydrogens (tertiary/aromatic N) is 2. The first kappa shape index (κ1) is 18.2. The van der Waals surface area contributed by atoms with E-state index in [0.29, 0.717) is 22.3 Å². The zero-order chi connectivity index (χ0) is 20.3. The quantitative estimate of drug-likeness (QED) is 0.367.